The Balaban J connectivity index is 0.000000595. The van der Waals surface area contributed by atoms with Crippen molar-refractivity contribution in [2.75, 3.05) is 11.9 Å². The first-order valence-corrected chi connectivity index (χ1v) is 6.81. The summed E-state index contributed by atoms with van der Waals surface area (Å²) in [4.78, 5) is 22.1. The van der Waals surface area contributed by atoms with Crippen LogP contribution in [0.2, 0.25) is 0 Å². The molecule has 3 rings (SSSR count). The highest BCUT2D eigenvalue weighted by Gasteiger charge is 2.44. The molecule has 2 aromatic rings. The Labute approximate surface area is 131 Å². The molecule has 0 saturated carbocycles. The maximum atomic E-state index is 11.5. The van der Waals surface area contributed by atoms with E-state index in [1.54, 1.807) is 31.2 Å². The molecule has 0 aliphatic carbocycles. The lowest BCUT2D eigenvalue weighted by atomic mass is 10.0. The molecular weight excluding hydrogens is 304 g/mol. The zero-order valence-electron chi connectivity index (χ0n) is 12.6. The molecular formula is C14H16N4O5. The summed E-state index contributed by atoms with van der Waals surface area (Å²) >= 11 is 0. The number of aromatic nitrogens is 2. The van der Waals surface area contributed by atoms with Crippen LogP contribution in [0.3, 0.4) is 0 Å². The Kier molecular flexibility index (Phi) is 4.32. The van der Waals surface area contributed by atoms with Crippen LogP contribution in [0.15, 0.2) is 30.5 Å². The molecule has 1 aromatic heterocycles. The van der Waals surface area contributed by atoms with Gasteiger partial charge in [-0.15, -0.1) is 0 Å². The van der Waals surface area contributed by atoms with Gasteiger partial charge in [0.25, 0.3) is 0 Å². The van der Waals surface area contributed by atoms with E-state index in [2.05, 4.69) is 10.4 Å². The Morgan fingerprint density at radius 3 is 2.65 bits per heavy atom. The van der Waals surface area contributed by atoms with E-state index in [1.165, 1.54) is 6.92 Å². The van der Waals surface area contributed by atoms with Gasteiger partial charge in [-0.2, -0.15) is 5.10 Å². The molecule has 0 radical (unpaired) electrons. The Bertz CT molecular complexity index is 757. The number of hydrogen-bond acceptors (Lipinski definition) is 6. The van der Waals surface area contributed by atoms with Gasteiger partial charge in [-0.05, 0) is 19.9 Å². The molecule has 23 heavy (non-hydrogen) atoms. The fourth-order valence-corrected chi connectivity index (χ4v) is 2.32. The number of fused-ring (bicyclic) bond motifs is 3. The molecule has 122 valence electrons. The fourth-order valence-electron chi connectivity index (χ4n) is 2.32. The van der Waals surface area contributed by atoms with Crippen LogP contribution < -0.4 is 5.32 Å². The topological polar surface area (TPSA) is 131 Å². The molecule has 0 amide bonds. The number of aliphatic hydroxyl groups is 1. The first-order valence-electron chi connectivity index (χ1n) is 6.81. The van der Waals surface area contributed by atoms with Gasteiger partial charge in [-0.3, -0.25) is 10.1 Å². The number of nitrogens with one attached hydrogen (secondary N) is 1. The van der Waals surface area contributed by atoms with Crippen LogP contribution >= 0.6 is 0 Å². The average Bonchev–Trinajstić information content (AvgIpc) is 2.94. The number of carboxylic acid groups (broad SMARTS) is 1. The summed E-state index contributed by atoms with van der Waals surface area (Å²) in [5.41, 5.74) is -0.526. The fraction of sp³-hybridized carbons (Fsp3) is 0.286. The van der Waals surface area contributed by atoms with Crippen molar-refractivity contribution < 1.29 is 19.9 Å². The summed E-state index contributed by atoms with van der Waals surface area (Å²) in [6.45, 7) is 3.34. The van der Waals surface area contributed by atoms with Crippen molar-refractivity contribution in [3.63, 3.8) is 0 Å². The van der Waals surface area contributed by atoms with Gasteiger partial charge in [-0.1, -0.05) is 18.2 Å². The number of nitrogens with zero attached hydrogens (tertiary/aromatic N) is 3. The molecule has 1 aliphatic heterocycles. The van der Waals surface area contributed by atoms with E-state index in [0.29, 0.717) is 11.3 Å². The largest absolute Gasteiger partial charge is 0.478 e. The van der Waals surface area contributed by atoms with Gasteiger partial charge in [0.05, 0.1) is 4.92 Å². The summed E-state index contributed by atoms with van der Waals surface area (Å²) in [7, 11) is 0. The highest BCUT2D eigenvalue weighted by atomic mass is 16.6. The van der Waals surface area contributed by atoms with Crippen LogP contribution in [0.4, 0.5) is 11.4 Å². The average molecular weight is 320 g/mol. The number of hydrogen-bond donors (Lipinski definition) is 3. The smallest absolute Gasteiger partial charge is 0.352 e. The van der Waals surface area contributed by atoms with Crippen LogP contribution in [0, 0.1) is 10.1 Å². The number of nitro groups is 1. The molecule has 2 heterocycles. The van der Waals surface area contributed by atoms with E-state index in [1.807, 2.05) is 0 Å². The Hall–Kier alpha value is -2.94. The molecule has 0 spiro atoms. The predicted molar refractivity (Wildman–Crippen MR) is 82.0 cm³/mol. The molecule has 1 atom stereocenters. The molecule has 0 saturated heterocycles. The van der Waals surface area contributed by atoms with Crippen LogP contribution in [0.5, 0.6) is 0 Å². The summed E-state index contributed by atoms with van der Waals surface area (Å²) < 4.78 is 1.13. The highest BCUT2D eigenvalue weighted by Crippen LogP contribution is 2.42. The number of benzene rings is 1. The third kappa shape index (κ3) is 2.61. The van der Waals surface area contributed by atoms with Crippen LogP contribution in [0.25, 0.3) is 11.3 Å². The lowest BCUT2D eigenvalue weighted by Crippen LogP contribution is -2.49. The number of rotatable bonds is 2. The van der Waals surface area contributed by atoms with Crippen molar-refractivity contribution in [3.8, 4) is 11.3 Å². The van der Waals surface area contributed by atoms with Crippen molar-refractivity contribution in [2.45, 2.75) is 19.5 Å². The zero-order chi connectivity index (χ0) is 17.2. The monoisotopic (exact) mass is 320 g/mol. The van der Waals surface area contributed by atoms with Crippen molar-refractivity contribution in [2.24, 2.45) is 0 Å². The molecule has 1 aromatic carbocycles. The molecule has 9 heteroatoms. The number of aliphatic carboxylic acids is 1. The van der Waals surface area contributed by atoms with E-state index >= 15 is 0 Å². The number of carboxylic acids is 1. The summed E-state index contributed by atoms with van der Waals surface area (Å²) in [6.07, 6.45) is 1.07. The second-order valence-corrected chi connectivity index (χ2v) is 4.91. The van der Waals surface area contributed by atoms with E-state index in [4.69, 9.17) is 5.11 Å². The predicted octanol–water partition coefficient (Wildman–Crippen LogP) is 1.64. The maximum Gasteiger partial charge on any atom is 0.352 e. The molecule has 0 fully saturated rings. The number of anilines is 1. The SMILES string of the molecule is CC1(C(=O)O)Nc2ccccc2-c2c([N+](=O)[O-])cnn21.CCO. The highest BCUT2D eigenvalue weighted by molar-refractivity contribution is 5.90. The summed E-state index contributed by atoms with van der Waals surface area (Å²) in [6, 6.07) is 6.82. The number of aliphatic hydroxyl groups excluding tert-OH is 1. The third-order valence-electron chi connectivity index (χ3n) is 3.35. The van der Waals surface area contributed by atoms with E-state index in [-0.39, 0.29) is 18.0 Å². The summed E-state index contributed by atoms with van der Waals surface area (Å²) in [5, 5.41) is 34.8. The van der Waals surface area contributed by atoms with E-state index < -0.39 is 16.6 Å². The van der Waals surface area contributed by atoms with Gasteiger partial charge < -0.3 is 15.5 Å². The van der Waals surface area contributed by atoms with Gasteiger partial charge in [0.2, 0.25) is 5.66 Å². The van der Waals surface area contributed by atoms with Crippen LogP contribution in [0.1, 0.15) is 13.8 Å². The normalized spacial score (nSPS) is 17.9. The van der Waals surface area contributed by atoms with Gasteiger partial charge in [0.1, 0.15) is 6.20 Å². The molecule has 0 bridgehead atoms. The second-order valence-electron chi connectivity index (χ2n) is 4.91. The van der Waals surface area contributed by atoms with Crippen molar-refractivity contribution in [3.05, 3.63) is 40.6 Å². The first-order chi connectivity index (χ1) is 10.9. The first kappa shape index (κ1) is 16.4. The molecule has 3 N–H and O–H groups in total. The zero-order valence-corrected chi connectivity index (χ0v) is 12.6. The quantitative estimate of drug-likeness (QED) is 0.566. The van der Waals surface area contributed by atoms with E-state index in [0.717, 1.165) is 10.9 Å². The number of para-hydroxylation sites is 1. The van der Waals surface area contributed by atoms with E-state index in [9.17, 15) is 20.0 Å². The third-order valence-corrected chi connectivity index (χ3v) is 3.35. The molecule has 9 nitrogen and oxygen atoms in total. The van der Waals surface area contributed by atoms with Crippen LogP contribution in [-0.4, -0.2) is 37.5 Å². The molecule has 1 unspecified atom stereocenters. The minimum absolute atomic E-state index is 0.189. The standard InChI is InChI=1S/C12H10N4O4.C2H6O/c1-12(11(17)18)14-8-5-3-2-4-7(8)10-9(16(19)20)6-13-15(10)12;1-2-3/h2-6,14H,1H3,(H,17,18);3H,2H2,1H3. The lowest BCUT2D eigenvalue weighted by Gasteiger charge is -2.34. The minimum atomic E-state index is -1.57. The van der Waals surface area contributed by atoms with Gasteiger partial charge in [0, 0.05) is 17.9 Å². The van der Waals surface area contributed by atoms with Crippen LogP contribution in [-0.2, 0) is 10.5 Å². The maximum absolute atomic E-state index is 11.5. The summed E-state index contributed by atoms with van der Waals surface area (Å²) in [5.74, 6) is -1.17. The Morgan fingerprint density at radius 1 is 1.48 bits per heavy atom. The van der Waals surface area contributed by atoms with Crippen molar-refractivity contribution >= 4 is 17.3 Å². The van der Waals surface area contributed by atoms with Gasteiger partial charge >= 0.3 is 11.7 Å². The molecule has 1 aliphatic rings. The number of carbonyl (C=O) groups is 1. The van der Waals surface area contributed by atoms with Crippen molar-refractivity contribution in [1.82, 2.24) is 9.78 Å². The van der Waals surface area contributed by atoms with Gasteiger partial charge in [0.15, 0.2) is 5.69 Å². The second kappa shape index (κ2) is 6.05. The van der Waals surface area contributed by atoms with Crippen molar-refractivity contribution in [1.29, 1.82) is 0 Å². The Morgan fingerprint density at radius 2 is 2.09 bits per heavy atom. The minimum Gasteiger partial charge on any atom is -0.478 e. The lowest BCUT2D eigenvalue weighted by molar-refractivity contribution is -0.384. The van der Waals surface area contributed by atoms with Gasteiger partial charge in [-0.25, -0.2) is 9.48 Å².